The summed E-state index contributed by atoms with van der Waals surface area (Å²) in [5, 5.41) is 15.3. The van der Waals surface area contributed by atoms with Gasteiger partial charge in [-0.05, 0) is 25.1 Å². The summed E-state index contributed by atoms with van der Waals surface area (Å²) in [6, 6.07) is 4.94. The van der Waals surface area contributed by atoms with E-state index in [2.05, 4.69) is 20.6 Å². The van der Waals surface area contributed by atoms with Crippen molar-refractivity contribution in [3.05, 3.63) is 29.6 Å². The maximum atomic E-state index is 12.3. The molecule has 0 atom stereocenters. The van der Waals surface area contributed by atoms with Crippen LogP contribution in [0.25, 0.3) is 4.96 Å². The van der Waals surface area contributed by atoms with Crippen molar-refractivity contribution in [3.8, 4) is 11.5 Å². The molecule has 9 heteroatoms. The van der Waals surface area contributed by atoms with Crippen LogP contribution >= 0.6 is 11.3 Å². The van der Waals surface area contributed by atoms with Gasteiger partial charge in [0.1, 0.15) is 0 Å². The van der Waals surface area contributed by atoms with E-state index in [1.807, 2.05) is 0 Å². The van der Waals surface area contributed by atoms with Gasteiger partial charge in [-0.2, -0.15) is 4.52 Å². The third-order valence-electron chi connectivity index (χ3n) is 3.01. The molecule has 1 aromatic carbocycles. The van der Waals surface area contributed by atoms with E-state index in [0.717, 1.165) is 0 Å². The first-order chi connectivity index (χ1) is 10.6. The van der Waals surface area contributed by atoms with Crippen molar-refractivity contribution in [2.24, 2.45) is 0 Å². The minimum Gasteiger partial charge on any atom is -0.493 e. The standard InChI is InChI=1S/C13H13N5O3S/c1-7-15-16-13-18(7)17-12(22-13)14-11(19)8-4-5-9(20-2)10(6-8)21-3/h4-6H,1-3H3,(H,14,17,19). The lowest BCUT2D eigenvalue weighted by molar-refractivity contribution is 0.102. The largest absolute Gasteiger partial charge is 0.493 e. The predicted octanol–water partition coefficient (Wildman–Crippen LogP) is 1.76. The number of hydrogen-bond acceptors (Lipinski definition) is 7. The van der Waals surface area contributed by atoms with E-state index in [1.165, 1.54) is 18.4 Å². The fourth-order valence-electron chi connectivity index (χ4n) is 1.91. The molecule has 0 bridgehead atoms. The number of nitrogens with one attached hydrogen (secondary N) is 1. The molecule has 0 saturated carbocycles. The second-order valence-corrected chi connectivity index (χ2v) is 5.33. The van der Waals surface area contributed by atoms with Gasteiger partial charge in [-0.25, -0.2) is 0 Å². The SMILES string of the molecule is COc1ccc(C(=O)Nc2nn3c(C)nnc3s2)cc1OC. The highest BCUT2D eigenvalue weighted by molar-refractivity contribution is 7.20. The fourth-order valence-corrected chi connectivity index (χ4v) is 2.69. The first-order valence-electron chi connectivity index (χ1n) is 6.34. The molecular formula is C13H13N5O3S. The van der Waals surface area contributed by atoms with Crippen LogP contribution in [0, 0.1) is 6.92 Å². The van der Waals surface area contributed by atoms with Crippen LogP contribution in [0.4, 0.5) is 5.13 Å². The second-order valence-electron chi connectivity index (χ2n) is 4.37. The monoisotopic (exact) mass is 319 g/mol. The number of ether oxygens (including phenoxy) is 2. The quantitative estimate of drug-likeness (QED) is 0.788. The number of carbonyl (C=O) groups excluding carboxylic acids is 1. The van der Waals surface area contributed by atoms with Crippen LogP contribution in [-0.4, -0.2) is 39.9 Å². The van der Waals surface area contributed by atoms with E-state index in [0.29, 0.717) is 33.0 Å². The van der Waals surface area contributed by atoms with Gasteiger partial charge in [0.2, 0.25) is 10.1 Å². The lowest BCUT2D eigenvalue weighted by Crippen LogP contribution is -2.12. The maximum Gasteiger partial charge on any atom is 0.257 e. The van der Waals surface area contributed by atoms with Gasteiger partial charge in [0.15, 0.2) is 17.3 Å². The van der Waals surface area contributed by atoms with Crippen LogP contribution in [0.5, 0.6) is 11.5 Å². The van der Waals surface area contributed by atoms with Gasteiger partial charge in [-0.1, -0.05) is 11.3 Å². The van der Waals surface area contributed by atoms with Crippen molar-refractivity contribution in [1.82, 2.24) is 19.8 Å². The Bertz CT molecular complexity index is 841. The number of aryl methyl sites for hydroxylation is 1. The van der Waals surface area contributed by atoms with Crippen LogP contribution in [0.15, 0.2) is 18.2 Å². The van der Waals surface area contributed by atoms with Gasteiger partial charge in [0.25, 0.3) is 5.91 Å². The van der Waals surface area contributed by atoms with E-state index < -0.39 is 0 Å². The number of benzene rings is 1. The molecule has 1 N–H and O–H groups in total. The van der Waals surface area contributed by atoms with Crippen molar-refractivity contribution in [1.29, 1.82) is 0 Å². The molecule has 0 spiro atoms. The van der Waals surface area contributed by atoms with Crippen molar-refractivity contribution < 1.29 is 14.3 Å². The highest BCUT2D eigenvalue weighted by Crippen LogP contribution is 2.28. The molecule has 3 aromatic rings. The number of amides is 1. The summed E-state index contributed by atoms with van der Waals surface area (Å²) in [5.74, 6) is 1.43. The number of nitrogens with zero attached hydrogens (tertiary/aromatic N) is 4. The number of aromatic nitrogens is 4. The number of fused-ring (bicyclic) bond motifs is 1. The summed E-state index contributed by atoms with van der Waals surface area (Å²) in [6.45, 7) is 1.79. The first-order valence-corrected chi connectivity index (χ1v) is 7.16. The first kappa shape index (κ1) is 14.3. The van der Waals surface area contributed by atoms with Gasteiger partial charge in [0.05, 0.1) is 14.2 Å². The Labute approximate surface area is 129 Å². The molecule has 2 heterocycles. The van der Waals surface area contributed by atoms with Gasteiger partial charge >= 0.3 is 0 Å². The third kappa shape index (κ3) is 2.46. The number of rotatable bonds is 4. The van der Waals surface area contributed by atoms with Crippen molar-refractivity contribution in [2.75, 3.05) is 19.5 Å². The zero-order chi connectivity index (χ0) is 15.7. The van der Waals surface area contributed by atoms with E-state index in [1.54, 1.807) is 36.7 Å². The summed E-state index contributed by atoms with van der Waals surface area (Å²) < 4.78 is 11.9. The number of methoxy groups -OCH3 is 2. The van der Waals surface area contributed by atoms with Gasteiger partial charge in [-0.3, -0.25) is 10.1 Å². The molecule has 0 aliphatic carbocycles. The molecule has 0 aliphatic rings. The molecule has 0 aliphatic heterocycles. The van der Waals surface area contributed by atoms with E-state index >= 15 is 0 Å². The number of anilines is 1. The second kappa shape index (κ2) is 5.60. The molecule has 2 aromatic heterocycles. The predicted molar refractivity (Wildman–Crippen MR) is 80.9 cm³/mol. The summed E-state index contributed by atoms with van der Waals surface area (Å²) in [5.41, 5.74) is 0.445. The van der Waals surface area contributed by atoms with Crippen LogP contribution in [0.1, 0.15) is 16.2 Å². The average molecular weight is 319 g/mol. The summed E-state index contributed by atoms with van der Waals surface area (Å²) in [4.78, 5) is 12.9. The topological polar surface area (TPSA) is 90.6 Å². The molecule has 1 amide bonds. The molecule has 0 saturated heterocycles. The summed E-state index contributed by atoms with van der Waals surface area (Å²) in [6.07, 6.45) is 0. The Kier molecular flexibility index (Phi) is 3.63. The Morgan fingerprint density at radius 2 is 2.00 bits per heavy atom. The third-order valence-corrected chi connectivity index (χ3v) is 3.83. The van der Waals surface area contributed by atoms with Gasteiger partial charge in [-0.15, -0.1) is 15.3 Å². The van der Waals surface area contributed by atoms with Crippen LogP contribution in [0.3, 0.4) is 0 Å². The van der Waals surface area contributed by atoms with E-state index in [9.17, 15) is 4.79 Å². The number of hydrogen-bond donors (Lipinski definition) is 1. The molecule has 22 heavy (non-hydrogen) atoms. The van der Waals surface area contributed by atoms with Crippen LogP contribution in [0.2, 0.25) is 0 Å². The summed E-state index contributed by atoms with van der Waals surface area (Å²) in [7, 11) is 3.06. The van der Waals surface area contributed by atoms with Crippen LogP contribution < -0.4 is 14.8 Å². The van der Waals surface area contributed by atoms with Crippen LogP contribution in [-0.2, 0) is 0 Å². The van der Waals surface area contributed by atoms with Crippen molar-refractivity contribution in [3.63, 3.8) is 0 Å². The maximum absolute atomic E-state index is 12.3. The Balaban J connectivity index is 1.84. The molecule has 0 fully saturated rings. The normalized spacial score (nSPS) is 10.7. The minimum atomic E-state index is -0.288. The minimum absolute atomic E-state index is 0.288. The van der Waals surface area contributed by atoms with E-state index in [4.69, 9.17) is 9.47 Å². The molecule has 0 unspecified atom stereocenters. The average Bonchev–Trinajstić information content (AvgIpc) is 3.08. The molecule has 0 radical (unpaired) electrons. The van der Waals surface area contributed by atoms with E-state index in [-0.39, 0.29) is 5.91 Å². The number of carbonyl (C=O) groups is 1. The fraction of sp³-hybridized carbons (Fsp3) is 0.231. The highest BCUT2D eigenvalue weighted by Gasteiger charge is 2.14. The highest BCUT2D eigenvalue weighted by atomic mass is 32.1. The zero-order valence-electron chi connectivity index (χ0n) is 12.2. The van der Waals surface area contributed by atoms with Gasteiger partial charge < -0.3 is 9.47 Å². The molecule has 8 nitrogen and oxygen atoms in total. The Morgan fingerprint density at radius 3 is 2.68 bits per heavy atom. The lowest BCUT2D eigenvalue weighted by Gasteiger charge is -2.08. The van der Waals surface area contributed by atoms with Crippen molar-refractivity contribution >= 4 is 27.3 Å². The molecule has 114 valence electrons. The van der Waals surface area contributed by atoms with Gasteiger partial charge in [0, 0.05) is 5.56 Å². The zero-order valence-corrected chi connectivity index (χ0v) is 13.0. The smallest absolute Gasteiger partial charge is 0.257 e. The Hall–Kier alpha value is -2.68. The Morgan fingerprint density at radius 1 is 1.23 bits per heavy atom. The summed E-state index contributed by atoms with van der Waals surface area (Å²) >= 11 is 1.25. The lowest BCUT2D eigenvalue weighted by atomic mass is 10.2. The van der Waals surface area contributed by atoms with Crippen molar-refractivity contribution in [2.45, 2.75) is 6.92 Å². The molecule has 3 rings (SSSR count). The molecular weight excluding hydrogens is 306 g/mol.